The average molecular weight is 384 g/mol. The van der Waals surface area contributed by atoms with Crippen molar-refractivity contribution in [1.82, 2.24) is 10.2 Å². The number of carbonyl (C=O) groups is 1. The molecule has 1 aliphatic heterocycles. The standard InChI is InChI=1S/C20H18ClN3O3/c1-26-13-7-8-16(27-2)14(9-13)15-10-17(25)22-20-18(15)19(23-24-20)11-3-5-12(21)6-4-11/h3-9,15H,10H2,1-2H3,(H2,22,23,24,25)/t15-/m0/s1. The maximum absolute atomic E-state index is 12.3. The second-order valence-corrected chi connectivity index (χ2v) is 6.72. The van der Waals surface area contributed by atoms with E-state index in [2.05, 4.69) is 15.5 Å². The first-order valence-corrected chi connectivity index (χ1v) is 8.84. The summed E-state index contributed by atoms with van der Waals surface area (Å²) in [5.41, 5.74) is 3.58. The van der Waals surface area contributed by atoms with Crippen molar-refractivity contribution in [2.45, 2.75) is 12.3 Å². The number of aromatic nitrogens is 2. The second-order valence-electron chi connectivity index (χ2n) is 6.28. The summed E-state index contributed by atoms with van der Waals surface area (Å²) in [4.78, 5) is 12.3. The molecule has 27 heavy (non-hydrogen) atoms. The largest absolute Gasteiger partial charge is 0.497 e. The number of halogens is 1. The monoisotopic (exact) mass is 383 g/mol. The Balaban J connectivity index is 1.89. The SMILES string of the molecule is COc1ccc(OC)c([C@@H]2CC(=O)Nc3n[nH]c(-c4ccc(Cl)cc4)c32)c1. The number of benzene rings is 2. The topological polar surface area (TPSA) is 76.2 Å². The number of carbonyl (C=O) groups excluding carboxylic acids is 1. The highest BCUT2D eigenvalue weighted by molar-refractivity contribution is 6.30. The van der Waals surface area contributed by atoms with Gasteiger partial charge in [0, 0.05) is 34.1 Å². The molecule has 2 aromatic carbocycles. The molecule has 0 unspecified atom stereocenters. The number of aromatic amines is 1. The Kier molecular flexibility index (Phi) is 4.49. The molecule has 0 aliphatic carbocycles. The number of nitrogens with one attached hydrogen (secondary N) is 2. The van der Waals surface area contributed by atoms with E-state index in [4.69, 9.17) is 21.1 Å². The maximum atomic E-state index is 12.3. The van der Waals surface area contributed by atoms with Gasteiger partial charge in [-0.3, -0.25) is 9.89 Å². The minimum atomic E-state index is -0.219. The molecule has 0 saturated carbocycles. The van der Waals surface area contributed by atoms with E-state index in [1.54, 1.807) is 14.2 Å². The van der Waals surface area contributed by atoms with Gasteiger partial charge in [-0.05, 0) is 30.3 Å². The van der Waals surface area contributed by atoms with E-state index in [0.717, 1.165) is 22.4 Å². The highest BCUT2D eigenvalue weighted by Crippen LogP contribution is 2.45. The Morgan fingerprint density at radius 3 is 2.59 bits per heavy atom. The molecule has 3 aromatic rings. The summed E-state index contributed by atoms with van der Waals surface area (Å²) in [6, 6.07) is 13.1. The van der Waals surface area contributed by atoms with Crippen LogP contribution in [0.1, 0.15) is 23.5 Å². The minimum Gasteiger partial charge on any atom is -0.497 e. The molecule has 4 rings (SSSR count). The molecule has 7 heteroatoms. The molecule has 1 atom stereocenters. The number of rotatable bonds is 4. The number of ether oxygens (including phenoxy) is 2. The molecule has 0 fully saturated rings. The predicted molar refractivity (Wildman–Crippen MR) is 104 cm³/mol. The van der Waals surface area contributed by atoms with Crippen molar-refractivity contribution in [2.75, 3.05) is 19.5 Å². The average Bonchev–Trinajstić information content (AvgIpc) is 3.11. The molecule has 1 amide bonds. The van der Waals surface area contributed by atoms with Crippen LogP contribution in [-0.2, 0) is 4.79 Å². The third-order valence-electron chi connectivity index (χ3n) is 4.74. The molecular weight excluding hydrogens is 366 g/mol. The van der Waals surface area contributed by atoms with Crippen LogP contribution >= 0.6 is 11.6 Å². The molecule has 2 N–H and O–H groups in total. The first-order chi connectivity index (χ1) is 13.1. The van der Waals surface area contributed by atoms with Crippen LogP contribution in [0.25, 0.3) is 11.3 Å². The third-order valence-corrected chi connectivity index (χ3v) is 5.00. The molecule has 0 saturated heterocycles. The van der Waals surface area contributed by atoms with Gasteiger partial charge in [-0.2, -0.15) is 5.10 Å². The summed E-state index contributed by atoms with van der Waals surface area (Å²) >= 11 is 6.02. The molecular formula is C20H18ClN3O3. The Morgan fingerprint density at radius 1 is 1.11 bits per heavy atom. The number of amides is 1. The van der Waals surface area contributed by atoms with Crippen LogP contribution in [0, 0.1) is 0 Å². The van der Waals surface area contributed by atoms with E-state index in [9.17, 15) is 4.79 Å². The van der Waals surface area contributed by atoms with Crippen molar-refractivity contribution in [3.8, 4) is 22.8 Å². The smallest absolute Gasteiger partial charge is 0.226 e. The Bertz CT molecular complexity index is 998. The zero-order chi connectivity index (χ0) is 19.0. The minimum absolute atomic E-state index is 0.0912. The van der Waals surface area contributed by atoms with Crippen molar-refractivity contribution < 1.29 is 14.3 Å². The van der Waals surface area contributed by atoms with Crippen molar-refractivity contribution in [1.29, 1.82) is 0 Å². The molecule has 2 heterocycles. The van der Waals surface area contributed by atoms with Gasteiger partial charge >= 0.3 is 0 Å². The number of hydrogen-bond donors (Lipinski definition) is 2. The fourth-order valence-corrected chi connectivity index (χ4v) is 3.60. The van der Waals surface area contributed by atoms with Gasteiger partial charge in [-0.15, -0.1) is 0 Å². The van der Waals surface area contributed by atoms with Crippen LogP contribution in [0.5, 0.6) is 11.5 Å². The van der Waals surface area contributed by atoms with Crippen LogP contribution < -0.4 is 14.8 Å². The summed E-state index contributed by atoms with van der Waals surface area (Å²) in [5, 5.41) is 10.9. The van der Waals surface area contributed by atoms with Crippen LogP contribution in [0.4, 0.5) is 5.82 Å². The van der Waals surface area contributed by atoms with Crippen LogP contribution in [0.15, 0.2) is 42.5 Å². The molecule has 0 spiro atoms. The Labute approximate surface area is 161 Å². The Morgan fingerprint density at radius 2 is 1.89 bits per heavy atom. The lowest BCUT2D eigenvalue weighted by atomic mass is 9.84. The fraction of sp³-hybridized carbons (Fsp3) is 0.200. The zero-order valence-electron chi connectivity index (χ0n) is 14.9. The van der Waals surface area contributed by atoms with E-state index < -0.39 is 0 Å². The van der Waals surface area contributed by atoms with Gasteiger partial charge in [-0.1, -0.05) is 23.7 Å². The third kappa shape index (κ3) is 3.13. The highest BCUT2D eigenvalue weighted by Gasteiger charge is 2.33. The van der Waals surface area contributed by atoms with Crippen molar-refractivity contribution >= 4 is 23.3 Å². The number of hydrogen-bond acceptors (Lipinski definition) is 4. The summed E-state index contributed by atoms with van der Waals surface area (Å²) in [6.45, 7) is 0. The van der Waals surface area contributed by atoms with E-state index in [1.165, 1.54) is 0 Å². The molecule has 138 valence electrons. The molecule has 0 bridgehead atoms. The fourth-order valence-electron chi connectivity index (χ4n) is 3.47. The van der Waals surface area contributed by atoms with Gasteiger partial charge in [0.2, 0.25) is 5.91 Å². The maximum Gasteiger partial charge on any atom is 0.226 e. The second kappa shape index (κ2) is 6.96. The normalized spacial score (nSPS) is 15.8. The van der Waals surface area contributed by atoms with E-state index in [0.29, 0.717) is 22.3 Å². The number of anilines is 1. The number of fused-ring (bicyclic) bond motifs is 1. The van der Waals surface area contributed by atoms with Crippen LogP contribution in [0.3, 0.4) is 0 Å². The summed E-state index contributed by atoms with van der Waals surface area (Å²) < 4.78 is 10.9. The molecule has 1 aromatic heterocycles. The van der Waals surface area contributed by atoms with Gasteiger partial charge in [-0.25, -0.2) is 0 Å². The van der Waals surface area contributed by atoms with Crippen molar-refractivity contribution in [3.05, 3.63) is 58.6 Å². The van der Waals surface area contributed by atoms with Crippen molar-refractivity contribution in [3.63, 3.8) is 0 Å². The Hall–Kier alpha value is -2.99. The predicted octanol–water partition coefficient (Wildman–Crippen LogP) is 4.22. The molecule has 1 aliphatic rings. The lowest BCUT2D eigenvalue weighted by molar-refractivity contribution is -0.116. The van der Waals surface area contributed by atoms with Gasteiger partial charge in [0.25, 0.3) is 0 Å². The highest BCUT2D eigenvalue weighted by atomic mass is 35.5. The lowest BCUT2D eigenvalue weighted by Crippen LogP contribution is -2.23. The van der Waals surface area contributed by atoms with Gasteiger partial charge < -0.3 is 14.8 Å². The van der Waals surface area contributed by atoms with Gasteiger partial charge in [0.1, 0.15) is 11.5 Å². The first kappa shape index (κ1) is 17.4. The first-order valence-electron chi connectivity index (χ1n) is 8.46. The number of nitrogens with zero attached hydrogens (tertiary/aromatic N) is 1. The van der Waals surface area contributed by atoms with E-state index >= 15 is 0 Å². The van der Waals surface area contributed by atoms with Crippen LogP contribution in [0.2, 0.25) is 5.02 Å². The van der Waals surface area contributed by atoms with Gasteiger partial charge in [0.05, 0.1) is 19.9 Å². The molecule has 0 radical (unpaired) electrons. The van der Waals surface area contributed by atoms with Crippen molar-refractivity contribution in [2.24, 2.45) is 0 Å². The zero-order valence-corrected chi connectivity index (χ0v) is 15.6. The quantitative estimate of drug-likeness (QED) is 0.707. The number of H-pyrrole nitrogens is 1. The summed E-state index contributed by atoms with van der Waals surface area (Å²) in [6.07, 6.45) is 0.288. The summed E-state index contributed by atoms with van der Waals surface area (Å²) in [5.74, 6) is 1.63. The van der Waals surface area contributed by atoms with Crippen LogP contribution in [-0.4, -0.2) is 30.3 Å². The molecule has 6 nitrogen and oxygen atoms in total. The van der Waals surface area contributed by atoms with E-state index in [-0.39, 0.29) is 18.2 Å². The number of methoxy groups -OCH3 is 2. The van der Waals surface area contributed by atoms with Gasteiger partial charge in [0.15, 0.2) is 5.82 Å². The van der Waals surface area contributed by atoms with E-state index in [1.807, 2.05) is 42.5 Å². The summed E-state index contributed by atoms with van der Waals surface area (Å²) in [7, 11) is 3.23. The lowest BCUT2D eigenvalue weighted by Gasteiger charge is -2.25.